The van der Waals surface area contributed by atoms with Crippen molar-refractivity contribution in [3.63, 3.8) is 0 Å². The number of methoxy groups -OCH3 is 1. The molecule has 13 heteroatoms. The van der Waals surface area contributed by atoms with Crippen molar-refractivity contribution in [1.82, 2.24) is 0 Å². The van der Waals surface area contributed by atoms with Gasteiger partial charge in [0.1, 0.15) is 16.5 Å². The summed E-state index contributed by atoms with van der Waals surface area (Å²) in [7, 11) is -3.08. The molecule has 9 nitrogen and oxygen atoms in total. The van der Waals surface area contributed by atoms with Crippen LogP contribution in [0.2, 0.25) is 15.1 Å². The Balaban J connectivity index is 1.89. The third kappa shape index (κ3) is 7.18. The molecule has 0 heterocycles. The number of ether oxygens (including phenoxy) is 1. The Hall–Kier alpha value is -3.75. The maximum Gasteiger partial charge on any atom is 0.339 e. The smallest absolute Gasteiger partial charge is 0.339 e. The van der Waals surface area contributed by atoms with Gasteiger partial charge in [-0.25, -0.2) is 0 Å². The lowest BCUT2D eigenvalue weighted by Crippen LogP contribution is -2.14. The third-order valence-corrected chi connectivity index (χ3v) is 6.84. The molecule has 0 spiro atoms. The Kier molecular flexibility index (Phi) is 9.25. The molecule has 0 aromatic heterocycles. The Labute approximate surface area is 233 Å². The number of halogens is 3. The molecular weight excluding hydrogens is 577 g/mol. The van der Waals surface area contributed by atoms with Crippen LogP contribution in [0, 0.1) is 11.3 Å². The van der Waals surface area contributed by atoms with Gasteiger partial charge in [-0.15, -0.1) is 0 Å². The first-order chi connectivity index (χ1) is 17.9. The van der Waals surface area contributed by atoms with Crippen LogP contribution in [0.3, 0.4) is 0 Å². The lowest BCUT2D eigenvalue weighted by atomic mass is 10.1. The van der Waals surface area contributed by atoms with Crippen molar-refractivity contribution in [3.05, 3.63) is 80.8 Å². The van der Waals surface area contributed by atoms with Gasteiger partial charge in [-0.1, -0.05) is 34.8 Å². The Morgan fingerprint density at radius 3 is 2.26 bits per heavy atom. The molecule has 3 rings (SSSR count). The van der Waals surface area contributed by atoms with Gasteiger partial charge in [0, 0.05) is 17.6 Å². The molecule has 0 bridgehead atoms. The van der Waals surface area contributed by atoms with Gasteiger partial charge in [0.05, 0.1) is 22.8 Å². The number of nitrogens with zero attached hydrogens (tertiary/aromatic N) is 1. The molecule has 0 saturated carbocycles. The summed E-state index contributed by atoms with van der Waals surface area (Å²) in [5.74, 6) is -1.45. The van der Waals surface area contributed by atoms with E-state index in [9.17, 15) is 23.3 Å². The number of carbonyl (C=O) groups excluding carboxylic acids is 2. The van der Waals surface area contributed by atoms with Crippen LogP contribution in [0.1, 0.15) is 12.5 Å². The number of nitrogens with one attached hydrogen (secondary N) is 2. The lowest BCUT2D eigenvalue weighted by Gasteiger charge is -2.14. The molecule has 2 amide bonds. The van der Waals surface area contributed by atoms with Gasteiger partial charge in [0.15, 0.2) is 5.75 Å². The number of benzene rings is 3. The zero-order chi connectivity index (χ0) is 28.0. The van der Waals surface area contributed by atoms with E-state index < -0.39 is 16.0 Å². The predicted octanol–water partition coefficient (Wildman–Crippen LogP) is 5.93. The van der Waals surface area contributed by atoms with Crippen molar-refractivity contribution in [2.75, 3.05) is 17.7 Å². The predicted molar refractivity (Wildman–Crippen MR) is 145 cm³/mol. The van der Waals surface area contributed by atoms with Crippen molar-refractivity contribution in [1.29, 1.82) is 5.26 Å². The second kappa shape index (κ2) is 12.2. The van der Waals surface area contributed by atoms with Gasteiger partial charge in [-0.2, -0.15) is 13.7 Å². The van der Waals surface area contributed by atoms with Crippen LogP contribution in [0.5, 0.6) is 11.5 Å². The zero-order valence-electron chi connectivity index (χ0n) is 19.7. The zero-order valence-corrected chi connectivity index (χ0v) is 22.8. The third-order valence-electron chi connectivity index (χ3n) is 4.76. The Morgan fingerprint density at radius 2 is 1.66 bits per heavy atom. The molecule has 0 saturated heterocycles. The SMILES string of the molecule is COc1cc(/C=C(\C#N)C(=O)Nc2cc(Cl)ccc2Cl)cc(Cl)c1OS(=O)(=O)c1ccc(NC(C)=O)cc1. The quantitative estimate of drug-likeness (QED) is 0.188. The van der Waals surface area contributed by atoms with Gasteiger partial charge >= 0.3 is 10.1 Å². The van der Waals surface area contributed by atoms with E-state index in [-0.39, 0.29) is 49.2 Å². The van der Waals surface area contributed by atoms with Crippen LogP contribution in [0.15, 0.2) is 65.1 Å². The van der Waals surface area contributed by atoms with E-state index in [0.29, 0.717) is 10.7 Å². The minimum atomic E-state index is -4.34. The number of hydrogen-bond acceptors (Lipinski definition) is 7. The minimum absolute atomic E-state index is 0.0715. The van der Waals surface area contributed by atoms with Crippen molar-refractivity contribution >= 4 is 74.2 Å². The maximum atomic E-state index is 12.8. The highest BCUT2D eigenvalue weighted by atomic mass is 35.5. The van der Waals surface area contributed by atoms with Crippen molar-refractivity contribution in [2.24, 2.45) is 0 Å². The molecule has 0 aliphatic carbocycles. The summed E-state index contributed by atoms with van der Waals surface area (Å²) >= 11 is 18.3. The summed E-state index contributed by atoms with van der Waals surface area (Å²) in [6.07, 6.45) is 1.22. The molecule has 0 unspecified atom stereocenters. The second-order valence-electron chi connectivity index (χ2n) is 7.53. The molecule has 2 N–H and O–H groups in total. The fourth-order valence-corrected chi connectivity index (χ4v) is 4.67. The van der Waals surface area contributed by atoms with Crippen LogP contribution in [-0.4, -0.2) is 27.3 Å². The summed E-state index contributed by atoms with van der Waals surface area (Å²) in [5, 5.41) is 14.9. The number of nitriles is 1. The largest absolute Gasteiger partial charge is 0.493 e. The lowest BCUT2D eigenvalue weighted by molar-refractivity contribution is -0.114. The summed E-state index contributed by atoms with van der Waals surface area (Å²) < 4.78 is 36.1. The fraction of sp³-hybridized carbons (Fsp3) is 0.0800. The van der Waals surface area contributed by atoms with Crippen LogP contribution < -0.4 is 19.6 Å². The first-order valence-corrected chi connectivity index (χ1v) is 13.1. The molecule has 0 aliphatic rings. The number of carbonyl (C=O) groups is 2. The number of rotatable bonds is 8. The van der Waals surface area contributed by atoms with Crippen LogP contribution >= 0.6 is 34.8 Å². The molecular formula is C25H18Cl3N3O6S. The van der Waals surface area contributed by atoms with E-state index in [0.717, 1.165) is 0 Å². The van der Waals surface area contributed by atoms with Gasteiger partial charge in [-0.3, -0.25) is 9.59 Å². The van der Waals surface area contributed by atoms with E-state index in [1.54, 1.807) is 12.1 Å². The summed E-state index contributed by atoms with van der Waals surface area (Å²) in [4.78, 5) is 23.6. The molecule has 0 radical (unpaired) electrons. The van der Waals surface area contributed by atoms with Crippen LogP contribution in [-0.2, 0) is 19.7 Å². The second-order valence-corrected chi connectivity index (χ2v) is 10.3. The number of amides is 2. The molecule has 0 aliphatic heterocycles. The summed E-state index contributed by atoms with van der Waals surface area (Å²) in [6, 6.07) is 14.2. The molecule has 3 aromatic rings. The van der Waals surface area contributed by atoms with Crippen molar-refractivity contribution in [3.8, 4) is 17.6 Å². The van der Waals surface area contributed by atoms with Crippen molar-refractivity contribution < 1.29 is 26.9 Å². The highest BCUT2D eigenvalue weighted by molar-refractivity contribution is 7.87. The van der Waals surface area contributed by atoms with Gasteiger partial charge in [-0.05, 0) is 66.2 Å². The topological polar surface area (TPSA) is 135 Å². The summed E-state index contributed by atoms with van der Waals surface area (Å²) in [6.45, 7) is 1.32. The highest BCUT2D eigenvalue weighted by Gasteiger charge is 2.23. The normalized spacial score (nSPS) is 11.3. The molecule has 38 heavy (non-hydrogen) atoms. The number of hydrogen-bond donors (Lipinski definition) is 2. The molecule has 0 fully saturated rings. The molecule has 196 valence electrons. The van der Waals surface area contributed by atoms with Crippen LogP contribution in [0.25, 0.3) is 6.08 Å². The molecule has 3 aromatic carbocycles. The fourth-order valence-electron chi connectivity index (χ4n) is 3.07. The van der Waals surface area contributed by atoms with Gasteiger partial charge in [0.2, 0.25) is 11.7 Å². The standard InChI is InChI=1S/C25H18Cl3N3O6S/c1-14(32)30-18-4-6-19(7-5-18)38(34,35)37-24-21(28)10-15(11-23(24)36-2)9-16(13-29)25(33)31-22-12-17(26)3-8-20(22)27/h3-12H,1-2H3,(H,30,32)(H,31,33)/b16-9+. The summed E-state index contributed by atoms with van der Waals surface area (Å²) in [5.41, 5.74) is 0.554. The van der Waals surface area contributed by atoms with E-state index in [1.807, 2.05) is 0 Å². The highest BCUT2D eigenvalue weighted by Crippen LogP contribution is 2.39. The van der Waals surface area contributed by atoms with Crippen LogP contribution in [0.4, 0.5) is 11.4 Å². The van der Waals surface area contributed by atoms with E-state index in [1.165, 1.54) is 68.6 Å². The van der Waals surface area contributed by atoms with Gasteiger partial charge in [0.25, 0.3) is 5.91 Å². The minimum Gasteiger partial charge on any atom is -0.493 e. The maximum absolute atomic E-state index is 12.8. The van der Waals surface area contributed by atoms with Crippen molar-refractivity contribution in [2.45, 2.75) is 11.8 Å². The average molecular weight is 595 g/mol. The average Bonchev–Trinajstić information content (AvgIpc) is 2.86. The van der Waals surface area contributed by atoms with E-state index >= 15 is 0 Å². The van der Waals surface area contributed by atoms with E-state index in [4.69, 9.17) is 43.7 Å². The number of anilines is 2. The van der Waals surface area contributed by atoms with E-state index in [2.05, 4.69) is 10.6 Å². The first kappa shape index (κ1) is 28.8. The first-order valence-electron chi connectivity index (χ1n) is 10.5. The van der Waals surface area contributed by atoms with Gasteiger partial charge < -0.3 is 19.6 Å². The molecule has 0 atom stereocenters. The Bertz CT molecular complexity index is 1580. The Morgan fingerprint density at radius 1 is 0.974 bits per heavy atom. The monoisotopic (exact) mass is 593 g/mol.